The number of fused-ring (bicyclic) bond motifs is 3. The van der Waals surface area contributed by atoms with E-state index in [-0.39, 0.29) is 24.1 Å². The van der Waals surface area contributed by atoms with Gasteiger partial charge in [-0.15, -0.1) is 0 Å². The molecule has 0 saturated carbocycles. The summed E-state index contributed by atoms with van der Waals surface area (Å²) in [6.45, 7) is 1.22. The fourth-order valence-corrected chi connectivity index (χ4v) is 4.32. The number of ether oxygens (including phenoxy) is 1. The van der Waals surface area contributed by atoms with Crippen LogP contribution in [0.25, 0.3) is 11.1 Å². The highest BCUT2D eigenvalue weighted by Crippen LogP contribution is 2.44. The van der Waals surface area contributed by atoms with Crippen LogP contribution in [0, 0.1) is 0 Å². The fraction of sp³-hybridized carbons (Fsp3) is 0.444. The third-order valence-corrected chi connectivity index (χ3v) is 6.07. The van der Waals surface area contributed by atoms with Crippen LogP contribution in [-0.4, -0.2) is 37.4 Å². The summed E-state index contributed by atoms with van der Waals surface area (Å²) in [5.41, 5.74) is 10.1. The van der Waals surface area contributed by atoms with E-state index in [4.69, 9.17) is 10.5 Å². The molecule has 2 aromatic rings. The number of hydrogen-bond acceptors (Lipinski definition) is 5. The number of amides is 1. The number of nitrogens with one attached hydrogen (secondary N) is 1. The van der Waals surface area contributed by atoms with Crippen LogP contribution in [0.1, 0.15) is 68.4 Å². The van der Waals surface area contributed by atoms with E-state index in [0.29, 0.717) is 45.2 Å². The minimum atomic E-state index is -0.458. The molecule has 0 bridgehead atoms. The Balaban J connectivity index is 1.30. The van der Waals surface area contributed by atoms with Gasteiger partial charge < -0.3 is 15.8 Å². The number of unbranched alkanes of at least 4 members (excludes halogenated alkanes) is 1. The topological polar surface area (TPSA) is 98.5 Å². The lowest BCUT2D eigenvalue weighted by Crippen LogP contribution is -2.27. The molecule has 1 aliphatic rings. The molecule has 0 radical (unpaired) electrons. The summed E-state index contributed by atoms with van der Waals surface area (Å²) in [5.74, 6) is 0.422. The van der Waals surface area contributed by atoms with Crippen molar-refractivity contribution in [3.63, 3.8) is 0 Å². The predicted octanol–water partition coefficient (Wildman–Crippen LogP) is 4.74. The molecule has 0 saturated heterocycles. The minimum Gasteiger partial charge on any atom is -0.449 e. The molecule has 2 aromatic carbocycles. The first-order valence-electron chi connectivity index (χ1n) is 11.9. The van der Waals surface area contributed by atoms with Crippen molar-refractivity contribution in [2.75, 3.05) is 19.7 Å². The van der Waals surface area contributed by atoms with Gasteiger partial charge in [-0.3, -0.25) is 9.59 Å². The van der Waals surface area contributed by atoms with E-state index in [1.165, 1.54) is 22.3 Å². The normalized spacial score (nSPS) is 12.2. The van der Waals surface area contributed by atoms with Gasteiger partial charge in [0.2, 0.25) is 0 Å². The molecule has 1 aliphatic carbocycles. The molecular weight excluding hydrogens is 416 g/mol. The van der Waals surface area contributed by atoms with Crippen LogP contribution in [-0.2, 0) is 14.3 Å². The van der Waals surface area contributed by atoms with E-state index in [0.717, 1.165) is 19.3 Å². The number of Topliss-reactive ketones (excluding diaryl/α,β-unsaturated/α-hetero) is 2. The fourth-order valence-electron chi connectivity index (χ4n) is 4.32. The highest BCUT2D eigenvalue weighted by atomic mass is 16.5. The van der Waals surface area contributed by atoms with Crippen LogP contribution in [0.3, 0.4) is 0 Å². The third kappa shape index (κ3) is 7.26. The zero-order valence-corrected chi connectivity index (χ0v) is 19.2. The molecular formula is C27H34N2O4. The lowest BCUT2D eigenvalue weighted by atomic mass is 9.98. The number of hydrogen-bond donors (Lipinski definition) is 2. The minimum absolute atomic E-state index is 0.0342. The summed E-state index contributed by atoms with van der Waals surface area (Å²) in [5, 5.41) is 2.74. The van der Waals surface area contributed by atoms with Gasteiger partial charge in [0, 0.05) is 38.1 Å². The van der Waals surface area contributed by atoms with Crippen molar-refractivity contribution in [1.29, 1.82) is 0 Å². The largest absolute Gasteiger partial charge is 0.449 e. The van der Waals surface area contributed by atoms with Crippen LogP contribution in [0.2, 0.25) is 0 Å². The van der Waals surface area contributed by atoms with Crippen LogP contribution in [0.5, 0.6) is 0 Å². The first kappa shape index (κ1) is 24.6. The molecule has 3 rings (SSSR count). The number of alkyl carbamates (subject to hydrolysis) is 1. The maximum atomic E-state index is 12.2. The monoisotopic (exact) mass is 450 g/mol. The Morgan fingerprint density at radius 3 is 1.85 bits per heavy atom. The number of ketones is 2. The smallest absolute Gasteiger partial charge is 0.407 e. The molecule has 6 nitrogen and oxygen atoms in total. The van der Waals surface area contributed by atoms with Crippen molar-refractivity contribution in [3.8, 4) is 11.1 Å². The number of rotatable bonds is 14. The van der Waals surface area contributed by atoms with Crippen LogP contribution >= 0.6 is 0 Å². The van der Waals surface area contributed by atoms with Gasteiger partial charge in [-0.2, -0.15) is 0 Å². The maximum absolute atomic E-state index is 12.2. The van der Waals surface area contributed by atoms with Gasteiger partial charge in [0.1, 0.15) is 18.2 Å². The van der Waals surface area contributed by atoms with Gasteiger partial charge >= 0.3 is 6.09 Å². The molecule has 0 atom stereocenters. The van der Waals surface area contributed by atoms with E-state index in [1.54, 1.807) is 0 Å². The maximum Gasteiger partial charge on any atom is 0.407 e. The Bertz CT molecular complexity index is 911. The van der Waals surface area contributed by atoms with Crippen molar-refractivity contribution >= 4 is 17.7 Å². The molecule has 0 heterocycles. The number of benzene rings is 2. The second-order valence-corrected chi connectivity index (χ2v) is 8.53. The molecule has 1 amide bonds. The van der Waals surface area contributed by atoms with E-state index in [9.17, 15) is 14.4 Å². The Kier molecular flexibility index (Phi) is 9.63. The summed E-state index contributed by atoms with van der Waals surface area (Å²) < 4.78 is 5.50. The van der Waals surface area contributed by atoms with Crippen molar-refractivity contribution in [2.24, 2.45) is 5.73 Å². The second-order valence-electron chi connectivity index (χ2n) is 8.53. The molecule has 0 aromatic heterocycles. The molecule has 3 N–H and O–H groups in total. The summed E-state index contributed by atoms with van der Waals surface area (Å²) in [7, 11) is 0. The molecule has 33 heavy (non-hydrogen) atoms. The highest BCUT2D eigenvalue weighted by Gasteiger charge is 2.28. The lowest BCUT2D eigenvalue weighted by Gasteiger charge is -2.14. The van der Waals surface area contributed by atoms with Gasteiger partial charge in [0.15, 0.2) is 0 Å². The van der Waals surface area contributed by atoms with Crippen molar-refractivity contribution in [3.05, 3.63) is 59.7 Å². The predicted molar refractivity (Wildman–Crippen MR) is 129 cm³/mol. The van der Waals surface area contributed by atoms with Gasteiger partial charge in [0.05, 0.1) is 0 Å². The Morgan fingerprint density at radius 1 is 0.758 bits per heavy atom. The Morgan fingerprint density at radius 2 is 1.27 bits per heavy atom. The highest BCUT2D eigenvalue weighted by molar-refractivity contribution is 5.80. The average Bonchev–Trinajstić information content (AvgIpc) is 3.15. The van der Waals surface area contributed by atoms with Crippen LogP contribution in [0.15, 0.2) is 48.5 Å². The van der Waals surface area contributed by atoms with Crippen LogP contribution < -0.4 is 11.1 Å². The molecule has 0 aliphatic heterocycles. The lowest BCUT2D eigenvalue weighted by molar-refractivity contribution is -0.121. The molecule has 0 spiro atoms. The van der Waals surface area contributed by atoms with Gasteiger partial charge in [-0.1, -0.05) is 48.5 Å². The van der Waals surface area contributed by atoms with Crippen molar-refractivity contribution < 1.29 is 19.1 Å². The first-order valence-corrected chi connectivity index (χ1v) is 11.9. The summed E-state index contributed by atoms with van der Waals surface area (Å²) >= 11 is 0. The third-order valence-electron chi connectivity index (χ3n) is 6.07. The first-order chi connectivity index (χ1) is 16.1. The average molecular weight is 451 g/mol. The van der Waals surface area contributed by atoms with E-state index < -0.39 is 6.09 Å². The van der Waals surface area contributed by atoms with Crippen molar-refractivity contribution in [1.82, 2.24) is 5.32 Å². The second kappa shape index (κ2) is 12.9. The standard InChI is InChI=1S/C27H34N2O4/c28-17-7-11-20(30)9-1-2-10-21(31)12-8-18-29-27(32)33-19-26-24-15-5-3-13-22(24)23-14-4-6-16-25(23)26/h3-6,13-16,26H,1-2,7-12,17-19,28H2,(H,29,32). The summed E-state index contributed by atoms with van der Waals surface area (Å²) in [6, 6.07) is 16.4. The molecule has 6 heteroatoms. The van der Waals surface area contributed by atoms with Gasteiger partial charge in [0.25, 0.3) is 0 Å². The van der Waals surface area contributed by atoms with E-state index >= 15 is 0 Å². The summed E-state index contributed by atoms with van der Waals surface area (Å²) in [4.78, 5) is 35.7. The quantitative estimate of drug-likeness (QED) is 0.405. The number of nitrogens with two attached hydrogens (primary N) is 1. The van der Waals surface area contributed by atoms with E-state index in [2.05, 4.69) is 29.6 Å². The Labute approximate surface area is 195 Å². The summed E-state index contributed by atoms with van der Waals surface area (Å²) in [6.07, 6.45) is 4.29. The van der Waals surface area contributed by atoms with Gasteiger partial charge in [-0.05, 0) is 54.5 Å². The van der Waals surface area contributed by atoms with E-state index in [1.807, 2.05) is 24.3 Å². The molecule has 0 unspecified atom stereocenters. The molecule has 0 fully saturated rings. The number of carbonyl (C=O) groups excluding carboxylic acids is 3. The van der Waals surface area contributed by atoms with Crippen LogP contribution in [0.4, 0.5) is 4.79 Å². The number of carbonyl (C=O) groups is 3. The zero-order chi connectivity index (χ0) is 23.5. The zero-order valence-electron chi connectivity index (χ0n) is 19.2. The van der Waals surface area contributed by atoms with Gasteiger partial charge in [-0.25, -0.2) is 4.79 Å². The molecule has 176 valence electrons. The van der Waals surface area contributed by atoms with Crippen molar-refractivity contribution in [2.45, 2.75) is 57.3 Å². The SMILES string of the molecule is NCCCC(=O)CCCCC(=O)CCCNC(=O)OCC1c2ccccc2-c2ccccc21. The Hall–Kier alpha value is -2.99.